The standard InChI is InChI=1S/C18H15BN/c20-18-12-8-15(9-13-18)14-6-10-17(11-7-14)19-16-4-2-1-3-5-16/h1-13H,20H2. The van der Waals surface area contributed by atoms with Crippen molar-refractivity contribution >= 4 is 23.9 Å². The maximum Gasteiger partial charge on any atom is 0.191 e. The highest BCUT2D eigenvalue weighted by Gasteiger charge is 2.00. The molecule has 2 heteroatoms. The van der Waals surface area contributed by atoms with Gasteiger partial charge in [0.25, 0.3) is 0 Å². The molecular weight excluding hydrogens is 241 g/mol. The summed E-state index contributed by atoms with van der Waals surface area (Å²) in [5.41, 5.74) is 11.3. The van der Waals surface area contributed by atoms with E-state index < -0.39 is 0 Å². The second-order valence-corrected chi connectivity index (χ2v) is 4.80. The number of nitrogen functional groups attached to an aromatic ring is 1. The average molecular weight is 256 g/mol. The Hall–Kier alpha value is -2.48. The molecule has 0 atom stereocenters. The summed E-state index contributed by atoms with van der Waals surface area (Å²) in [5, 5.41) is 0. The largest absolute Gasteiger partial charge is 0.399 e. The molecule has 0 saturated carbocycles. The van der Waals surface area contributed by atoms with Gasteiger partial charge in [-0.25, -0.2) is 0 Å². The fourth-order valence-corrected chi connectivity index (χ4v) is 2.19. The zero-order valence-corrected chi connectivity index (χ0v) is 11.2. The van der Waals surface area contributed by atoms with Crippen LogP contribution < -0.4 is 16.7 Å². The van der Waals surface area contributed by atoms with Gasteiger partial charge in [0.15, 0.2) is 7.28 Å². The van der Waals surface area contributed by atoms with Crippen molar-refractivity contribution in [1.29, 1.82) is 0 Å². The Labute approximate surface area is 120 Å². The van der Waals surface area contributed by atoms with E-state index in [-0.39, 0.29) is 0 Å². The fourth-order valence-electron chi connectivity index (χ4n) is 2.19. The van der Waals surface area contributed by atoms with Crippen molar-refractivity contribution in [2.75, 3.05) is 5.73 Å². The van der Waals surface area contributed by atoms with Crippen LogP contribution >= 0.6 is 0 Å². The van der Waals surface area contributed by atoms with Crippen LogP contribution in [0.3, 0.4) is 0 Å². The summed E-state index contributed by atoms with van der Waals surface area (Å²) in [6.07, 6.45) is 0. The molecule has 20 heavy (non-hydrogen) atoms. The van der Waals surface area contributed by atoms with Gasteiger partial charge in [-0.2, -0.15) is 0 Å². The molecule has 0 fully saturated rings. The van der Waals surface area contributed by atoms with Crippen molar-refractivity contribution in [3.05, 3.63) is 78.9 Å². The van der Waals surface area contributed by atoms with Crippen LogP contribution in [0.1, 0.15) is 0 Å². The van der Waals surface area contributed by atoms with E-state index in [9.17, 15) is 0 Å². The molecule has 0 aliphatic rings. The lowest BCUT2D eigenvalue weighted by Gasteiger charge is -2.05. The third-order valence-corrected chi connectivity index (χ3v) is 3.29. The van der Waals surface area contributed by atoms with Gasteiger partial charge in [-0.3, -0.25) is 0 Å². The summed E-state index contributed by atoms with van der Waals surface area (Å²) < 4.78 is 0. The molecule has 3 aromatic rings. The van der Waals surface area contributed by atoms with Gasteiger partial charge < -0.3 is 5.73 Å². The van der Waals surface area contributed by atoms with Crippen molar-refractivity contribution in [3.8, 4) is 11.1 Å². The lowest BCUT2D eigenvalue weighted by Crippen LogP contribution is -2.26. The molecule has 95 valence electrons. The number of nitrogens with two attached hydrogens (primary N) is 1. The molecule has 0 aliphatic heterocycles. The van der Waals surface area contributed by atoms with Gasteiger partial charge >= 0.3 is 0 Å². The SMILES string of the molecule is Nc1ccc(-c2ccc([B]c3ccccc3)cc2)cc1. The first kappa shape index (κ1) is 12.6. The second kappa shape index (κ2) is 5.66. The highest BCUT2D eigenvalue weighted by atomic mass is 14.5. The molecule has 2 N–H and O–H groups in total. The molecule has 0 aromatic heterocycles. The molecule has 1 nitrogen and oxygen atoms in total. The highest BCUT2D eigenvalue weighted by molar-refractivity contribution is 6.67. The Kier molecular flexibility index (Phi) is 3.55. The van der Waals surface area contributed by atoms with Gasteiger partial charge in [-0.05, 0) is 23.3 Å². The van der Waals surface area contributed by atoms with E-state index in [4.69, 9.17) is 5.73 Å². The van der Waals surface area contributed by atoms with Crippen LogP contribution in [0.15, 0.2) is 78.9 Å². The molecule has 0 heterocycles. The quantitative estimate of drug-likeness (QED) is 0.565. The van der Waals surface area contributed by atoms with Crippen LogP contribution in [-0.2, 0) is 0 Å². The van der Waals surface area contributed by atoms with Gasteiger partial charge in [0.2, 0.25) is 0 Å². The number of hydrogen-bond donors (Lipinski definition) is 1. The highest BCUT2D eigenvalue weighted by Crippen LogP contribution is 2.19. The summed E-state index contributed by atoms with van der Waals surface area (Å²) in [5.74, 6) is 0. The van der Waals surface area contributed by atoms with Gasteiger partial charge in [0, 0.05) is 5.69 Å². The molecule has 1 radical (unpaired) electrons. The lowest BCUT2D eigenvalue weighted by atomic mass is 9.64. The summed E-state index contributed by atoms with van der Waals surface area (Å²) in [6, 6.07) is 26.8. The Morgan fingerprint density at radius 1 is 0.550 bits per heavy atom. The van der Waals surface area contributed by atoms with Crippen LogP contribution in [0.5, 0.6) is 0 Å². The van der Waals surface area contributed by atoms with Crippen molar-refractivity contribution in [2.24, 2.45) is 0 Å². The molecule has 3 aromatic carbocycles. The van der Waals surface area contributed by atoms with Gasteiger partial charge in [-0.1, -0.05) is 77.7 Å². The minimum absolute atomic E-state index is 0.794. The van der Waals surface area contributed by atoms with Gasteiger partial charge in [0.05, 0.1) is 0 Å². The molecule has 0 saturated heterocycles. The van der Waals surface area contributed by atoms with Crippen molar-refractivity contribution in [1.82, 2.24) is 0 Å². The van der Waals surface area contributed by atoms with Crippen molar-refractivity contribution < 1.29 is 0 Å². The topological polar surface area (TPSA) is 26.0 Å². The zero-order chi connectivity index (χ0) is 13.8. The van der Waals surface area contributed by atoms with E-state index in [1.165, 1.54) is 22.1 Å². The Morgan fingerprint density at radius 2 is 1.05 bits per heavy atom. The van der Waals surface area contributed by atoms with Crippen molar-refractivity contribution in [2.45, 2.75) is 0 Å². The van der Waals surface area contributed by atoms with Crippen LogP contribution in [-0.4, -0.2) is 7.28 Å². The molecule has 0 spiro atoms. The van der Waals surface area contributed by atoms with E-state index in [0.717, 1.165) is 5.69 Å². The predicted octanol–water partition coefficient (Wildman–Crippen LogP) is 2.59. The third-order valence-electron chi connectivity index (χ3n) is 3.29. The minimum Gasteiger partial charge on any atom is -0.399 e. The fraction of sp³-hybridized carbons (Fsp3) is 0. The first-order valence-corrected chi connectivity index (χ1v) is 6.67. The number of benzene rings is 3. The van der Waals surface area contributed by atoms with E-state index in [2.05, 4.69) is 55.8 Å². The maximum atomic E-state index is 5.71. The van der Waals surface area contributed by atoms with Crippen LogP contribution in [0, 0.1) is 0 Å². The summed E-state index contributed by atoms with van der Waals surface area (Å²) in [4.78, 5) is 0. The van der Waals surface area contributed by atoms with Gasteiger partial charge in [0.1, 0.15) is 0 Å². The zero-order valence-electron chi connectivity index (χ0n) is 11.2. The normalized spacial score (nSPS) is 10.2. The van der Waals surface area contributed by atoms with Crippen LogP contribution in [0.2, 0.25) is 0 Å². The van der Waals surface area contributed by atoms with Crippen molar-refractivity contribution in [3.63, 3.8) is 0 Å². The molecule has 0 amide bonds. The lowest BCUT2D eigenvalue weighted by molar-refractivity contribution is 1.63. The first-order valence-electron chi connectivity index (χ1n) is 6.67. The predicted molar refractivity (Wildman–Crippen MR) is 87.8 cm³/mol. The first-order chi connectivity index (χ1) is 9.81. The van der Waals surface area contributed by atoms with E-state index in [1.807, 2.05) is 30.3 Å². The monoisotopic (exact) mass is 256 g/mol. The number of hydrogen-bond acceptors (Lipinski definition) is 1. The number of rotatable bonds is 3. The molecular formula is C18H15BN. The smallest absolute Gasteiger partial charge is 0.191 e. The Morgan fingerprint density at radius 3 is 1.65 bits per heavy atom. The average Bonchev–Trinajstić information content (AvgIpc) is 2.50. The van der Waals surface area contributed by atoms with Crippen LogP contribution in [0.25, 0.3) is 11.1 Å². The van der Waals surface area contributed by atoms with E-state index >= 15 is 0 Å². The summed E-state index contributed by atoms with van der Waals surface area (Å²) in [7, 11) is 2.17. The Balaban J connectivity index is 1.79. The van der Waals surface area contributed by atoms with E-state index in [1.54, 1.807) is 0 Å². The summed E-state index contributed by atoms with van der Waals surface area (Å²) >= 11 is 0. The number of anilines is 1. The molecule has 0 aliphatic carbocycles. The molecule has 0 unspecified atom stereocenters. The maximum absolute atomic E-state index is 5.71. The molecule has 3 rings (SSSR count). The third kappa shape index (κ3) is 2.91. The minimum atomic E-state index is 0.794. The van der Waals surface area contributed by atoms with Crippen LogP contribution in [0.4, 0.5) is 5.69 Å². The van der Waals surface area contributed by atoms with E-state index in [0.29, 0.717) is 0 Å². The Bertz CT molecular complexity index is 673. The second-order valence-electron chi connectivity index (χ2n) is 4.80. The molecule has 0 bridgehead atoms. The van der Waals surface area contributed by atoms with Gasteiger partial charge in [-0.15, -0.1) is 0 Å². The summed E-state index contributed by atoms with van der Waals surface area (Å²) in [6.45, 7) is 0.